The van der Waals surface area contributed by atoms with Crippen LogP contribution in [0.15, 0.2) is 23.6 Å². The van der Waals surface area contributed by atoms with Crippen LogP contribution < -0.4 is 5.32 Å². The van der Waals surface area contributed by atoms with E-state index in [4.69, 9.17) is 16.6 Å². The van der Waals surface area contributed by atoms with E-state index in [1.165, 1.54) is 17.8 Å². The summed E-state index contributed by atoms with van der Waals surface area (Å²) >= 11 is 7.80. The summed E-state index contributed by atoms with van der Waals surface area (Å²) in [5, 5.41) is 7.36. The lowest BCUT2D eigenvalue weighted by molar-refractivity contribution is 0.0680. The molecule has 1 amide bonds. The Morgan fingerprint density at radius 1 is 1.43 bits per heavy atom. The molecule has 1 aromatic heterocycles. The first kappa shape index (κ1) is 15.0. The number of anilines is 1. The number of benzene rings is 1. The number of hydrogen-bond acceptors (Lipinski definition) is 4. The summed E-state index contributed by atoms with van der Waals surface area (Å²) in [7, 11) is 0. The Morgan fingerprint density at radius 3 is 3.00 bits per heavy atom. The molecule has 0 spiro atoms. The number of thiazole rings is 1. The molecule has 120 valence electrons. The van der Waals surface area contributed by atoms with Crippen molar-refractivity contribution in [3.05, 3.63) is 44.9 Å². The highest BCUT2D eigenvalue weighted by molar-refractivity contribution is 7.09. The summed E-state index contributed by atoms with van der Waals surface area (Å²) in [5.41, 5.74) is 2.40. The van der Waals surface area contributed by atoms with Crippen LogP contribution in [0.5, 0.6) is 0 Å². The largest absolute Gasteiger partial charge is 0.359 e. The van der Waals surface area contributed by atoms with Crippen LogP contribution in [0.3, 0.4) is 0 Å². The predicted octanol–water partition coefficient (Wildman–Crippen LogP) is 4.65. The Morgan fingerprint density at radius 2 is 2.26 bits per heavy atom. The van der Waals surface area contributed by atoms with Gasteiger partial charge < -0.3 is 10.2 Å². The highest BCUT2D eigenvalue weighted by Crippen LogP contribution is 2.43. The van der Waals surface area contributed by atoms with Crippen molar-refractivity contribution in [2.75, 3.05) is 11.9 Å². The average molecular weight is 348 g/mol. The van der Waals surface area contributed by atoms with Crippen molar-refractivity contribution in [3.63, 3.8) is 0 Å². The lowest BCUT2D eigenvalue weighted by Crippen LogP contribution is -2.43. The lowest BCUT2D eigenvalue weighted by atomic mass is 10.1. The Kier molecular flexibility index (Phi) is 3.77. The van der Waals surface area contributed by atoms with Crippen molar-refractivity contribution in [1.82, 2.24) is 9.88 Å². The van der Waals surface area contributed by atoms with Gasteiger partial charge >= 0.3 is 0 Å². The van der Waals surface area contributed by atoms with Crippen molar-refractivity contribution in [2.45, 2.75) is 38.3 Å². The molecule has 0 bridgehead atoms. The first-order valence-electron chi connectivity index (χ1n) is 7.99. The van der Waals surface area contributed by atoms with Gasteiger partial charge in [-0.15, -0.1) is 11.3 Å². The number of amides is 1. The van der Waals surface area contributed by atoms with E-state index in [1.54, 1.807) is 23.5 Å². The van der Waals surface area contributed by atoms with Gasteiger partial charge in [-0.2, -0.15) is 0 Å². The minimum atomic E-state index is -0.211. The van der Waals surface area contributed by atoms with Crippen molar-refractivity contribution in [1.29, 1.82) is 0 Å². The van der Waals surface area contributed by atoms with Gasteiger partial charge in [0, 0.05) is 22.9 Å². The van der Waals surface area contributed by atoms with Gasteiger partial charge in [-0.05, 0) is 37.5 Å². The molecule has 2 aromatic rings. The standard InChI is InChI=1S/C17H18ClN3OS/c1-2-7-21-15(14-9-23-16(20-14)10-3-4-10)19-13-8-11(18)5-6-12(13)17(21)22/h5-6,8-10,15,19H,2-4,7H2,1H3. The van der Waals surface area contributed by atoms with Gasteiger partial charge in [0.1, 0.15) is 6.17 Å². The zero-order valence-corrected chi connectivity index (χ0v) is 14.5. The molecule has 1 aliphatic heterocycles. The summed E-state index contributed by atoms with van der Waals surface area (Å²) in [6, 6.07) is 5.38. The first-order valence-corrected chi connectivity index (χ1v) is 9.25. The van der Waals surface area contributed by atoms with Crippen molar-refractivity contribution >= 4 is 34.5 Å². The molecule has 1 atom stereocenters. The molecule has 1 unspecified atom stereocenters. The Bertz CT molecular complexity index is 756. The third kappa shape index (κ3) is 2.72. The molecule has 0 radical (unpaired) electrons. The molecular formula is C17H18ClN3OS. The molecule has 0 saturated heterocycles. The monoisotopic (exact) mass is 347 g/mol. The van der Waals surface area contributed by atoms with E-state index in [0.717, 1.165) is 17.8 Å². The van der Waals surface area contributed by atoms with E-state index in [2.05, 4.69) is 17.6 Å². The van der Waals surface area contributed by atoms with E-state index >= 15 is 0 Å². The van der Waals surface area contributed by atoms with Crippen molar-refractivity contribution in [3.8, 4) is 0 Å². The maximum absolute atomic E-state index is 12.9. The highest BCUT2D eigenvalue weighted by Gasteiger charge is 2.35. The van der Waals surface area contributed by atoms with E-state index in [-0.39, 0.29) is 12.1 Å². The molecule has 2 heterocycles. The van der Waals surface area contributed by atoms with Gasteiger partial charge in [0.15, 0.2) is 0 Å². The van der Waals surface area contributed by atoms with Gasteiger partial charge in [-0.25, -0.2) is 4.98 Å². The van der Waals surface area contributed by atoms with Gasteiger partial charge in [0.2, 0.25) is 0 Å². The molecule has 1 fully saturated rings. The number of carbonyl (C=O) groups is 1. The highest BCUT2D eigenvalue weighted by atomic mass is 35.5. The van der Waals surface area contributed by atoms with E-state index in [9.17, 15) is 4.79 Å². The van der Waals surface area contributed by atoms with E-state index < -0.39 is 0 Å². The SMILES string of the molecule is CCCN1C(=O)c2ccc(Cl)cc2NC1c1csc(C2CC2)n1. The van der Waals surface area contributed by atoms with Crippen LogP contribution in [0, 0.1) is 0 Å². The summed E-state index contributed by atoms with van der Waals surface area (Å²) in [4.78, 5) is 19.5. The van der Waals surface area contributed by atoms with Crippen LogP contribution in [0.1, 0.15) is 59.3 Å². The summed E-state index contributed by atoms with van der Waals surface area (Å²) < 4.78 is 0. The van der Waals surface area contributed by atoms with E-state index in [1.807, 2.05) is 11.0 Å². The number of carbonyl (C=O) groups excluding carboxylic acids is 1. The number of fused-ring (bicyclic) bond motifs is 1. The zero-order valence-electron chi connectivity index (χ0n) is 12.9. The lowest BCUT2D eigenvalue weighted by Gasteiger charge is -2.37. The second-order valence-electron chi connectivity index (χ2n) is 6.12. The van der Waals surface area contributed by atoms with Crippen LogP contribution >= 0.6 is 22.9 Å². The Balaban J connectivity index is 1.72. The molecule has 2 aliphatic rings. The molecule has 4 rings (SSSR count). The average Bonchev–Trinajstić information content (AvgIpc) is 3.27. The van der Waals surface area contributed by atoms with E-state index in [0.29, 0.717) is 23.0 Å². The fraction of sp³-hybridized carbons (Fsp3) is 0.412. The van der Waals surface area contributed by atoms with Crippen LogP contribution in [-0.2, 0) is 0 Å². The van der Waals surface area contributed by atoms with Crippen LogP contribution in [0.4, 0.5) is 5.69 Å². The van der Waals surface area contributed by atoms with Gasteiger partial charge in [-0.3, -0.25) is 4.79 Å². The van der Waals surface area contributed by atoms with Crippen LogP contribution in [0.25, 0.3) is 0 Å². The minimum absolute atomic E-state index is 0.0447. The number of nitrogens with one attached hydrogen (secondary N) is 1. The molecule has 1 N–H and O–H groups in total. The zero-order chi connectivity index (χ0) is 16.0. The molecule has 1 aromatic carbocycles. The number of aromatic nitrogens is 1. The maximum Gasteiger partial charge on any atom is 0.257 e. The second kappa shape index (κ2) is 5.80. The van der Waals surface area contributed by atoms with Gasteiger partial charge in [0.05, 0.1) is 22.0 Å². The molecule has 23 heavy (non-hydrogen) atoms. The van der Waals surface area contributed by atoms with Gasteiger partial charge in [-0.1, -0.05) is 18.5 Å². The van der Waals surface area contributed by atoms with Crippen molar-refractivity contribution in [2.24, 2.45) is 0 Å². The van der Waals surface area contributed by atoms with Crippen molar-refractivity contribution < 1.29 is 4.79 Å². The number of nitrogens with zero attached hydrogens (tertiary/aromatic N) is 2. The van der Waals surface area contributed by atoms with Gasteiger partial charge in [0.25, 0.3) is 5.91 Å². The predicted molar refractivity (Wildman–Crippen MR) is 93.2 cm³/mol. The summed E-state index contributed by atoms with van der Waals surface area (Å²) in [6.45, 7) is 2.78. The smallest absolute Gasteiger partial charge is 0.257 e. The topological polar surface area (TPSA) is 45.2 Å². The third-order valence-corrected chi connectivity index (χ3v) is 5.55. The third-order valence-electron chi connectivity index (χ3n) is 4.29. The summed E-state index contributed by atoms with van der Waals surface area (Å²) in [5.74, 6) is 0.678. The summed E-state index contributed by atoms with van der Waals surface area (Å²) in [6.07, 6.45) is 3.17. The first-order chi connectivity index (χ1) is 11.2. The maximum atomic E-state index is 12.9. The fourth-order valence-electron chi connectivity index (χ4n) is 2.97. The van der Waals surface area contributed by atoms with Crippen LogP contribution in [-0.4, -0.2) is 22.3 Å². The number of halogens is 1. The van der Waals surface area contributed by atoms with Crippen LogP contribution in [0.2, 0.25) is 5.02 Å². The fourth-order valence-corrected chi connectivity index (χ4v) is 4.15. The second-order valence-corrected chi connectivity index (χ2v) is 7.45. The molecule has 1 aliphatic carbocycles. The Hall–Kier alpha value is -1.59. The molecular weight excluding hydrogens is 330 g/mol. The minimum Gasteiger partial charge on any atom is -0.359 e. The molecule has 1 saturated carbocycles. The number of hydrogen-bond donors (Lipinski definition) is 1. The number of rotatable bonds is 4. The normalized spacial score (nSPS) is 20.3. The molecule has 4 nitrogen and oxygen atoms in total. The Labute approximate surface area is 144 Å². The molecule has 6 heteroatoms. The quantitative estimate of drug-likeness (QED) is 0.875.